The summed E-state index contributed by atoms with van der Waals surface area (Å²) in [6.07, 6.45) is 2.44. The van der Waals surface area contributed by atoms with E-state index in [-0.39, 0.29) is 18.0 Å². The predicted molar refractivity (Wildman–Crippen MR) is 113 cm³/mol. The van der Waals surface area contributed by atoms with Crippen LogP contribution in [0.2, 0.25) is 0 Å². The fourth-order valence-electron chi connectivity index (χ4n) is 3.22. The number of methoxy groups -OCH3 is 2. The van der Waals surface area contributed by atoms with E-state index in [9.17, 15) is 19.1 Å². The summed E-state index contributed by atoms with van der Waals surface area (Å²) in [6.45, 7) is 1.98. The summed E-state index contributed by atoms with van der Waals surface area (Å²) in [5.41, 5.74) is 1.76. The van der Waals surface area contributed by atoms with Gasteiger partial charge in [-0.2, -0.15) is 0 Å². The number of aromatic nitrogens is 1. The Balaban J connectivity index is 2.15. The van der Waals surface area contributed by atoms with Crippen molar-refractivity contribution in [1.82, 2.24) is 4.57 Å². The van der Waals surface area contributed by atoms with Crippen molar-refractivity contribution in [3.05, 3.63) is 65.6 Å². The van der Waals surface area contributed by atoms with E-state index in [1.165, 1.54) is 26.4 Å². The molecule has 0 saturated carbocycles. The van der Waals surface area contributed by atoms with Gasteiger partial charge in [0.15, 0.2) is 0 Å². The van der Waals surface area contributed by atoms with Crippen LogP contribution in [0.5, 0.6) is 11.5 Å². The molecule has 0 bridgehead atoms. The summed E-state index contributed by atoms with van der Waals surface area (Å²) >= 11 is 0. The van der Waals surface area contributed by atoms with Crippen molar-refractivity contribution in [3.63, 3.8) is 0 Å². The zero-order chi connectivity index (χ0) is 22.5. The molecular formula is C23H22FNO6. The molecule has 162 valence electrons. The van der Waals surface area contributed by atoms with Gasteiger partial charge < -0.3 is 23.9 Å². The van der Waals surface area contributed by atoms with Gasteiger partial charge in [-0.15, -0.1) is 0 Å². The largest absolute Gasteiger partial charge is 0.507 e. The fourth-order valence-corrected chi connectivity index (χ4v) is 3.22. The highest BCUT2D eigenvalue weighted by atomic mass is 19.1. The molecule has 1 heterocycles. The number of fused-ring (bicyclic) bond motifs is 1. The molecule has 0 aliphatic rings. The van der Waals surface area contributed by atoms with Crippen molar-refractivity contribution < 1.29 is 33.3 Å². The van der Waals surface area contributed by atoms with E-state index in [2.05, 4.69) is 4.74 Å². The summed E-state index contributed by atoms with van der Waals surface area (Å²) < 4.78 is 30.6. The Hall–Kier alpha value is -3.81. The van der Waals surface area contributed by atoms with Crippen LogP contribution >= 0.6 is 0 Å². The lowest BCUT2D eigenvalue weighted by atomic mass is 10.1. The molecule has 0 unspecified atom stereocenters. The minimum Gasteiger partial charge on any atom is -0.507 e. The number of nitrogens with zero attached hydrogens (tertiary/aromatic N) is 1. The summed E-state index contributed by atoms with van der Waals surface area (Å²) in [6, 6.07) is 9.42. The number of halogens is 1. The normalized spacial score (nSPS) is 11.4. The molecule has 1 N–H and O–H groups in total. The second kappa shape index (κ2) is 9.34. The molecule has 7 nitrogen and oxygen atoms in total. The smallest absolute Gasteiger partial charge is 0.379 e. The van der Waals surface area contributed by atoms with Crippen LogP contribution in [0.1, 0.15) is 18.1 Å². The highest BCUT2D eigenvalue weighted by molar-refractivity contribution is 6.39. The summed E-state index contributed by atoms with van der Waals surface area (Å²) in [7, 11) is 2.99. The Morgan fingerprint density at radius 1 is 1.13 bits per heavy atom. The van der Waals surface area contributed by atoms with E-state index < -0.39 is 17.5 Å². The lowest BCUT2D eigenvalue weighted by Crippen LogP contribution is -2.15. The predicted octanol–water partition coefficient (Wildman–Crippen LogP) is 3.88. The molecular weight excluding hydrogens is 405 g/mol. The Labute approximate surface area is 178 Å². The number of ether oxygens (including phenoxy) is 3. The molecule has 0 atom stereocenters. The third kappa shape index (κ3) is 4.69. The van der Waals surface area contributed by atoms with Gasteiger partial charge >= 0.3 is 5.97 Å². The SMILES string of the molecule is CCOC(=O)C(=O)/C=C(/O)c1cn(Cc2ccc(F)cc2)c2cc(OC)cc(OC)c12. The molecule has 2 aromatic carbocycles. The molecule has 0 amide bonds. The number of hydrogen-bond donors (Lipinski definition) is 1. The zero-order valence-corrected chi connectivity index (χ0v) is 17.3. The summed E-state index contributed by atoms with van der Waals surface area (Å²) in [4.78, 5) is 23.7. The maximum absolute atomic E-state index is 13.3. The van der Waals surface area contributed by atoms with Gasteiger partial charge in [-0.25, -0.2) is 9.18 Å². The average molecular weight is 427 g/mol. The van der Waals surface area contributed by atoms with E-state index >= 15 is 0 Å². The van der Waals surface area contributed by atoms with Crippen LogP contribution < -0.4 is 9.47 Å². The molecule has 0 radical (unpaired) electrons. The molecule has 0 spiro atoms. The number of benzene rings is 2. The lowest BCUT2D eigenvalue weighted by molar-refractivity contribution is -0.151. The zero-order valence-electron chi connectivity index (χ0n) is 17.3. The first kappa shape index (κ1) is 21.9. The minimum absolute atomic E-state index is 0.0454. The van der Waals surface area contributed by atoms with E-state index in [0.717, 1.165) is 11.6 Å². The first-order valence-electron chi connectivity index (χ1n) is 9.49. The first-order chi connectivity index (χ1) is 14.9. The van der Waals surface area contributed by atoms with Crippen molar-refractivity contribution in [1.29, 1.82) is 0 Å². The van der Waals surface area contributed by atoms with Crippen molar-refractivity contribution >= 4 is 28.4 Å². The quantitative estimate of drug-likeness (QED) is 0.254. The van der Waals surface area contributed by atoms with Gasteiger partial charge in [0.05, 0.1) is 31.7 Å². The van der Waals surface area contributed by atoms with E-state index in [0.29, 0.717) is 28.9 Å². The third-order valence-corrected chi connectivity index (χ3v) is 4.66. The number of aliphatic hydroxyl groups excluding tert-OH is 1. The second-order valence-electron chi connectivity index (χ2n) is 6.64. The average Bonchev–Trinajstić information content (AvgIpc) is 3.13. The van der Waals surface area contributed by atoms with Crippen LogP contribution in [0.4, 0.5) is 4.39 Å². The van der Waals surface area contributed by atoms with Crippen molar-refractivity contribution in [2.75, 3.05) is 20.8 Å². The van der Waals surface area contributed by atoms with E-state index in [1.54, 1.807) is 37.4 Å². The second-order valence-corrected chi connectivity index (χ2v) is 6.64. The van der Waals surface area contributed by atoms with Gasteiger partial charge in [0.25, 0.3) is 5.78 Å². The minimum atomic E-state index is -1.06. The van der Waals surface area contributed by atoms with Crippen molar-refractivity contribution in [3.8, 4) is 11.5 Å². The highest BCUT2D eigenvalue weighted by Crippen LogP contribution is 2.37. The Bertz CT molecular complexity index is 1150. The number of ketones is 1. The number of carbonyl (C=O) groups is 2. The monoisotopic (exact) mass is 427 g/mol. The maximum Gasteiger partial charge on any atom is 0.379 e. The van der Waals surface area contributed by atoms with Gasteiger partial charge in [-0.3, -0.25) is 4.79 Å². The van der Waals surface area contributed by atoms with Gasteiger partial charge in [0.2, 0.25) is 0 Å². The topological polar surface area (TPSA) is 87.0 Å². The van der Waals surface area contributed by atoms with Crippen LogP contribution in [0, 0.1) is 5.82 Å². The molecule has 3 rings (SSSR count). The molecule has 8 heteroatoms. The Morgan fingerprint density at radius 2 is 1.84 bits per heavy atom. The highest BCUT2D eigenvalue weighted by Gasteiger charge is 2.20. The molecule has 1 aromatic heterocycles. The van der Waals surface area contributed by atoms with E-state index in [4.69, 9.17) is 9.47 Å². The third-order valence-electron chi connectivity index (χ3n) is 4.66. The number of hydrogen-bond acceptors (Lipinski definition) is 6. The summed E-state index contributed by atoms with van der Waals surface area (Å²) in [5.74, 6) is -1.86. The van der Waals surface area contributed by atoms with Crippen LogP contribution in [0.3, 0.4) is 0 Å². The van der Waals surface area contributed by atoms with Crippen molar-refractivity contribution in [2.45, 2.75) is 13.5 Å². The first-order valence-corrected chi connectivity index (χ1v) is 9.49. The van der Waals surface area contributed by atoms with Crippen LogP contribution in [0.15, 0.2) is 48.7 Å². The maximum atomic E-state index is 13.3. The molecule has 0 aliphatic carbocycles. The molecule has 31 heavy (non-hydrogen) atoms. The van der Waals surface area contributed by atoms with Gasteiger partial charge in [0, 0.05) is 36.5 Å². The lowest BCUT2D eigenvalue weighted by Gasteiger charge is -2.10. The number of carbonyl (C=O) groups excluding carboxylic acids is 2. The fraction of sp³-hybridized carbons (Fsp3) is 0.217. The number of rotatable bonds is 8. The standard InChI is InChI=1S/C23H22FNO6/c1-4-31-23(28)20(27)11-19(26)17-13-25(12-14-5-7-15(24)8-6-14)18-9-16(29-2)10-21(30-3)22(17)18/h5-11,13,26H,4,12H2,1-3H3/b19-11+. The van der Waals surface area contributed by atoms with Gasteiger partial charge in [0.1, 0.15) is 23.1 Å². The molecule has 0 aliphatic heterocycles. The van der Waals surface area contributed by atoms with Gasteiger partial charge in [-0.1, -0.05) is 12.1 Å². The number of aliphatic hydroxyl groups is 1. The van der Waals surface area contributed by atoms with E-state index in [1.807, 2.05) is 4.57 Å². The number of esters is 1. The Morgan fingerprint density at radius 3 is 2.45 bits per heavy atom. The molecule has 3 aromatic rings. The van der Waals surface area contributed by atoms with Crippen molar-refractivity contribution in [2.24, 2.45) is 0 Å². The van der Waals surface area contributed by atoms with Crippen LogP contribution in [0.25, 0.3) is 16.7 Å². The van der Waals surface area contributed by atoms with Crippen LogP contribution in [-0.4, -0.2) is 42.3 Å². The Kier molecular flexibility index (Phi) is 6.59. The molecule has 0 saturated heterocycles. The van der Waals surface area contributed by atoms with Gasteiger partial charge in [-0.05, 0) is 24.6 Å². The summed E-state index contributed by atoms with van der Waals surface area (Å²) in [5, 5.41) is 11.2. The molecule has 0 fully saturated rings. The van der Waals surface area contributed by atoms with Crippen LogP contribution in [-0.2, 0) is 20.9 Å².